The van der Waals surface area contributed by atoms with Crippen molar-refractivity contribution in [3.05, 3.63) is 34.9 Å². The minimum atomic E-state index is 0.158. The van der Waals surface area contributed by atoms with Crippen LogP contribution in [0.1, 0.15) is 53.6 Å². The second kappa shape index (κ2) is 8.64. The van der Waals surface area contributed by atoms with Crippen LogP contribution in [0.25, 0.3) is 0 Å². The van der Waals surface area contributed by atoms with Crippen molar-refractivity contribution < 1.29 is 9.59 Å². The van der Waals surface area contributed by atoms with E-state index in [1.807, 2.05) is 30.9 Å². The van der Waals surface area contributed by atoms with E-state index in [1.54, 1.807) is 0 Å². The summed E-state index contributed by atoms with van der Waals surface area (Å²) in [6, 6.07) is 6.10. The molecule has 0 aliphatic carbocycles. The lowest BCUT2D eigenvalue weighted by Gasteiger charge is -2.47. The molecule has 0 saturated carbocycles. The third-order valence-corrected chi connectivity index (χ3v) is 6.52. The van der Waals surface area contributed by atoms with Crippen molar-refractivity contribution in [3.63, 3.8) is 0 Å². The Bertz CT molecular complexity index is 721. The van der Waals surface area contributed by atoms with Crippen molar-refractivity contribution >= 4 is 11.8 Å². The van der Waals surface area contributed by atoms with E-state index in [0.29, 0.717) is 12.3 Å². The van der Waals surface area contributed by atoms with Crippen LogP contribution in [-0.4, -0.2) is 73.3 Å². The van der Waals surface area contributed by atoms with Gasteiger partial charge in [-0.25, -0.2) is 0 Å². The molecule has 0 atom stereocenters. The smallest absolute Gasteiger partial charge is 0.254 e. The quantitative estimate of drug-likeness (QED) is 0.782. The number of likely N-dealkylation sites (tertiary alicyclic amines) is 2. The maximum absolute atomic E-state index is 13.0. The van der Waals surface area contributed by atoms with Gasteiger partial charge in [0.25, 0.3) is 5.91 Å². The summed E-state index contributed by atoms with van der Waals surface area (Å²) in [6.45, 7) is 8.36. The van der Waals surface area contributed by atoms with Gasteiger partial charge in [0.15, 0.2) is 0 Å². The molecular formula is C23H35N3O2. The maximum atomic E-state index is 13.0. The Balaban J connectivity index is 1.59. The molecular weight excluding hydrogens is 350 g/mol. The highest BCUT2D eigenvalue weighted by molar-refractivity contribution is 5.96. The zero-order chi connectivity index (χ0) is 20.3. The van der Waals surface area contributed by atoms with Gasteiger partial charge in [0.1, 0.15) is 0 Å². The van der Waals surface area contributed by atoms with E-state index in [-0.39, 0.29) is 11.3 Å². The van der Waals surface area contributed by atoms with Gasteiger partial charge in [-0.2, -0.15) is 0 Å². The zero-order valence-corrected chi connectivity index (χ0v) is 18.0. The highest BCUT2D eigenvalue weighted by atomic mass is 16.2. The van der Waals surface area contributed by atoms with Crippen molar-refractivity contribution in [2.45, 2.75) is 46.0 Å². The first-order chi connectivity index (χ1) is 13.3. The number of piperidine rings is 2. The van der Waals surface area contributed by atoms with Gasteiger partial charge in [-0.1, -0.05) is 17.7 Å². The van der Waals surface area contributed by atoms with E-state index in [1.165, 1.54) is 0 Å². The Morgan fingerprint density at radius 1 is 1.14 bits per heavy atom. The fourth-order valence-corrected chi connectivity index (χ4v) is 4.61. The fourth-order valence-electron chi connectivity index (χ4n) is 4.61. The zero-order valence-electron chi connectivity index (χ0n) is 18.0. The van der Waals surface area contributed by atoms with Crippen LogP contribution in [0.2, 0.25) is 0 Å². The molecule has 2 heterocycles. The molecule has 1 aromatic rings. The predicted molar refractivity (Wildman–Crippen MR) is 112 cm³/mol. The number of nitrogens with zero attached hydrogens (tertiary/aromatic N) is 3. The number of rotatable bonds is 5. The van der Waals surface area contributed by atoms with Gasteiger partial charge in [0.05, 0.1) is 0 Å². The third-order valence-electron chi connectivity index (χ3n) is 6.52. The van der Waals surface area contributed by atoms with Crippen LogP contribution in [0.4, 0.5) is 0 Å². The number of hydrogen-bond donors (Lipinski definition) is 0. The standard InChI is InChI=1S/C23H35N3O2/c1-18-6-7-19(2)20(16-18)22(28)25-14-10-23(11-15-25)9-8-21(27)26(17-23)13-5-12-24(3)4/h6-7,16H,5,8-15,17H2,1-4H3. The largest absolute Gasteiger partial charge is 0.342 e. The first-order valence-corrected chi connectivity index (χ1v) is 10.6. The highest BCUT2D eigenvalue weighted by Crippen LogP contribution is 2.40. The summed E-state index contributed by atoms with van der Waals surface area (Å²) >= 11 is 0. The molecule has 1 spiro atoms. The summed E-state index contributed by atoms with van der Waals surface area (Å²) in [7, 11) is 4.14. The number of benzene rings is 1. The van der Waals surface area contributed by atoms with Gasteiger partial charge >= 0.3 is 0 Å². The molecule has 2 amide bonds. The van der Waals surface area contributed by atoms with E-state index < -0.39 is 0 Å². The monoisotopic (exact) mass is 385 g/mol. The molecule has 0 radical (unpaired) electrons. The Labute approximate surface area is 169 Å². The van der Waals surface area contributed by atoms with Crippen LogP contribution in [0.3, 0.4) is 0 Å². The second-order valence-electron chi connectivity index (χ2n) is 9.08. The van der Waals surface area contributed by atoms with E-state index in [4.69, 9.17) is 0 Å². The molecule has 0 unspecified atom stereocenters. The molecule has 154 valence electrons. The molecule has 3 rings (SSSR count). The lowest BCUT2D eigenvalue weighted by Crippen LogP contribution is -2.52. The number of carbonyl (C=O) groups excluding carboxylic acids is 2. The SMILES string of the molecule is Cc1ccc(C)c(C(=O)N2CCC3(CCC(=O)N(CCCN(C)C)C3)CC2)c1. The molecule has 1 aromatic carbocycles. The van der Waals surface area contributed by atoms with Crippen LogP contribution in [-0.2, 0) is 4.79 Å². The number of amides is 2. The fraction of sp³-hybridized carbons (Fsp3) is 0.652. The topological polar surface area (TPSA) is 43.9 Å². The second-order valence-corrected chi connectivity index (χ2v) is 9.08. The van der Waals surface area contributed by atoms with Crippen LogP contribution in [0.5, 0.6) is 0 Å². The Kier molecular flexibility index (Phi) is 6.43. The Morgan fingerprint density at radius 2 is 1.86 bits per heavy atom. The minimum absolute atomic E-state index is 0.158. The van der Waals surface area contributed by atoms with Gasteiger partial charge in [0.2, 0.25) is 5.91 Å². The van der Waals surface area contributed by atoms with Gasteiger partial charge in [-0.3, -0.25) is 9.59 Å². The average Bonchev–Trinajstić information content (AvgIpc) is 2.66. The first kappa shape index (κ1) is 20.8. The molecule has 5 heteroatoms. The number of aryl methyl sites for hydroxylation is 2. The molecule has 0 N–H and O–H groups in total. The predicted octanol–water partition coefficient (Wildman–Crippen LogP) is 3.10. The van der Waals surface area contributed by atoms with E-state index >= 15 is 0 Å². The van der Waals surface area contributed by atoms with Crippen LogP contribution in [0.15, 0.2) is 18.2 Å². The van der Waals surface area contributed by atoms with Crippen LogP contribution in [0, 0.1) is 19.3 Å². The van der Waals surface area contributed by atoms with Crippen molar-refractivity contribution in [1.82, 2.24) is 14.7 Å². The summed E-state index contributed by atoms with van der Waals surface area (Å²) in [5.74, 6) is 0.462. The molecule has 0 bridgehead atoms. The van der Waals surface area contributed by atoms with E-state index in [2.05, 4.69) is 30.0 Å². The molecule has 2 fully saturated rings. The maximum Gasteiger partial charge on any atom is 0.254 e. The van der Waals surface area contributed by atoms with Crippen molar-refractivity contribution in [2.24, 2.45) is 5.41 Å². The molecule has 28 heavy (non-hydrogen) atoms. The summed E-state index contributed by atoms with van der Waals surface area (Å²) in [4.78, 5) is 31.7. The molecule has 2 aliphatic rings. The van der Waals surface area contributed by atoms with Crippen molar-refractivity contribution in [1.29, 1.82) is 0 Å². The third kappa shape index (κ3) is 4.75. The van der Waals surface area contributed by atoms with Gasteiger partial charge in [-0.15, -0.1) is 0 Å². The lowest BCUT2D eigenvalue weighted by molar-refractivity contribution is -0.139. The van der Waals surface area contributed by atoms with Crippen LogP contribution < -0.4 is 0 Å². The summed E-state index contributed by atoms with van der Waals surface area (Å²) in [6.07, 6.45) is 4.66. The van der Waals surface area contributed by atoms with Crippen LogP contribution >= 0.6 is 0 Å². The van der Waals surface area contributed by atoms with Crippen molar-refractivity contribution in [2.75, 3.05) is 46.8 Å². The number of carbonyl (C=O) groups is 2. The Hall–Kier alpha value is -1.88. The summed E-state index contributed by atoms with van der Waals surface area (Å²) in [5.41, 5.74) is 3.21. The number of hydrogen-bond acceptors (Lipinski definition) is 3. The normalized spacial score (nSPS) is 19.5. The molecule has 0 aromatic heterocycles. The first-order valence-electron chi connectivity index (χ1n) is 10.6. The minimum Gasteiger partial charge on any atom is -0.342 e. The van der Waals surface area contributed by atoms with Crippen molar-refractivity contribution in [3.8, 4) is 0 Å². The molecule has 2 aliphatic heterocycles. The van der Waals surface area contributed by atoms with Gasteiger partial charge in [0, 0.05) is 38.2 Å². The molecule has 5 nitrogen and oxygen atoms in total. The van der Waals surface area contributed by atoms with E-state index in [0.717, 1.165) is 75.1 Å². The Morgan fingerprint density at radius 3 is 2.54 bits per heavy atom. The molecule has 2 saturated heterocycles. The van der Waals surface area contributed by atoms with Gasteiger partial charge in [-0.05, 0) is 77.2 Å². The average molecular weight is 386 g/mol. The van der Waals surface area contributed by atoms with E-state index in [9.17, 15) is 9.59 Å². The summed E-state index contributed by atoms with van der Waals surface area (Å²) < 4.78 is 0. The highest BCUT2D eigenvalue weighted by Gasteiger charge is 2.41. The van der Waals surface area contributed by atoms with Gasteiger partial charge < -0.3 is 14.7 Å². The lowest BCUT2D eigenvalue weighted by atomic mass is 9.72. The summed E-state index contributed by atoms with van der Waals surface area (Å²) in [5, 5.41) is 0.